The second kappa shape index (κ2) is 4.07. The van der Waals surface area contributed by atoms with Crippen LogP contribution in [-0.2, 0) is 6.42 Å². The van der Waals surface area contributed by atoms with Crippen molar-refractivity contribution in [3.05, 3.63) is 29.3 Å². The maximum atomic E-state index is 8.93. The van der Waals surface area contributed by atoms with Crippen LogP contribution in [0.3, 0.4) is 0 Å². The zero-order chi connectivity index (χ0) is 11.8. The fourth-order valence-corrected chi connectivity index (χ4v) is 2.23. The van der Waals surface area contributed by atoms with Crippen molar-refractivity contribution in [1.29, 1.82) is 0 Å². The van der Waals surface area contributed by atoms with Crippen LogP contribution in [-0.4, -0.2) is 17.3 Å². The molecular weight excluding hydrogens is 202 g/mol. The quantitative estimate of drug-likeness (QED) is 0.818. The first-order chi connectivity index (χ1) is 7.53. The molecule has 1 heterocycles. The minimum absolute atomic E-state index is 0.105. The molecule has 3 heteroatoms. The van der Waals surface area contributed by atoms with Crippen LogP contribution in [0.2, 0.25) is 0 Å². The second-order valence-corrected chi connectivity index (χ2v) is 4.99. The van der Waals surface area contributed by atoms with Crippen LogP contribution in [0.25, 0.3) is 0 Å². The lowest BCUT2D eigenvalue weighted by molar-refractivity contribution is 0.136. The Bertz CT molecular complexity index is 388. The van der Waals surface area contributed by atoms with Crippen molar-refractivity contribution in [3.63, 3.8) is 0 Å². The van der Waals surface area contributed by atoms with Crippen molar-refractivity contribution in [3.8, 4) is 5.75 Å². The molecule has 0 aliphatic carbocycles. The van der Waals surface area contributed by atoms with Crippen molar-refractivity contribution in [1.82, 2.24) is 0 Å². The molecule has 16 heavy (non-hydrogen) atoms. The summed E-state index contributed by atoms with van der Waals surface area (Å²) in [6, 6.07) is 5.93. The largest absolute Gasteiger partial charge is 0.487 e. The molecule has 3 nitrogen and oxygen atoms in total. The van der Waals surface area contributed by atoms with E-state index in [0.29, 0.717) is 6.42 Å². The lowest BCUT2D eigenvalue weighted by atomic mass is 9.97. The smallest absolute Gasteiger partial charge is 0.128 e. The third kappa shape index (κ3) is 2.06. The summed E-state index contributed by atoms with van der Waals surface area (Å²) in [6.07, 6.45) is 1.49. The topological polar surface area (TPSA) is 55.5 Å². The molecule has 0 aromatic heterocycles. The number of ether oxygens (including phenoxy) is 1. The van der Waals surface area contributed by atoms with E-state index in [1.165, 1.54) is 5.56 Å². The Morgan fingerprint density at radius 1 is 1.50 bits per heavy atom. The summed E-state index contributed by atoms with van der Waals surface area (Å²) in [5.74, 6) is 0.924. The molecule has 1 aliphatic heterocycles. The molecule has 0 fully saturated rings. The Kier molecular flexibility index (Phi) is 2.91. The summed E-state index contributed by atoms with van der Waals surface area (Å²) in [5.41, 5.74) is 8.12. The predicted molar refractivity (Wildman–Crippen MR) is 63.5 cm³/mol. The summed E-state index contributed by atoms with van der Waals surface area (Å²) < 4.78 is 5.93. The number of fused-ring (bicyclic) bond motifs is 1. The average molecular weight is 221 g/mol. The summed E-state index contributed by atoms with van der Waals surface area (Å²) in [4.78, 5) is 0. The fraction of sp³-hybridized carbons (Fsp3) is 0.538. The summed E-state index contributed by atoms with van der Waals surface area (Å²) >= 11 is 0. The third-order valence-corrected chi connectivity index (χ3v) is 2.96. The first-order valence-corrected chi connectivity index (χ1v) is 5.71. The van der Waals surface area contributed by atoms with Gasteiger partial charge in [0.1, 0.15) is 11.4 Å². The van der Waals surface area contributed by atoms with Crippen LogP contribution in [0.15, 0.2) is 18.2 Å². The molecule has 0 radical (unpaired) electrons. The first kappa shape index (κ1) is 11.4. The Hall–Kier alpha value is -1.06. The number of aliphatic hydroxyl groups is 1. The molecule has 0 saturated heterocycles. The highest BCUT2D eigenvalue weighted by molar-refractivity contribution is 5.47. The van der Waals surface area contributed by atoms with Gasteiger partial charge in [0, 0.05) is 24.6 Å². The SMILES string of the molecule is CC1(C)Cc2cccc(C(N)CCO)c2O1. The molecule has 1 unspecified atom stereocenters. The predicted octanol–water partition coefficient (Wildman–Crippen LogP) is 1.78. The highest BCUT2D eigenvalue weighted by atomic mass is 16.5. The van der Waals surface area contributed by atoms with Gasteiger partial charge in [-0.1, -0.05) is 18.2 Å². The van der Waals surface area contributed by atoms with Gasteiger partial charge in [-0.2, -0.15) is 0 Å². The van der Waals surface area contributed by atoms with Gasteiger partial charge in [-0.25, -0.2) is 0 Å². The number of hydrogen-bond acceptors (Lipinski definition) is 3. The number of nitrogens with two attached hydrogens (primary N) is 1. The molecule has 3 N–H and O–H groups in total. The normalized spacial score (nSPS) is 19.0. The second-order valence-electron chi connectivity index (χ2n) is 4.99. The molecule has 0 bridgehead atoms. The van der Waals surface area contributed by atoms with E-state index in [1.54, 1.807) is 0 Å². The van der Waals surface area contributed by atoms with Crippen LogP contribution in [0.1, 0.15) is 37.4 Å². The van der Waals surface area contributed by atoms with E-state index in [2.05, 4.69) is 19.9 Å². The van der Waals surface area contributed by atoms with E-state index in [-0.39, 0.29) is 18.2 Å². The van der Waals surface area contributed by atoms with E-state index in [1.807, 2.05) is 12.1 Å². The van der Waals surface area contributed by atoms with Gasteiger partial charge in [0.05, 0.1) is 0 Å². The monoisotopic (exact) mass is 221 g/mol. The average Bonchev–Trinajstić information content (AvgIpc) is 2.51. The van der Waals surface area contributed by atoms with Crippen molar-refractivity contribution in [2.75, 3.05) is 6.61 Å². The molecule has 88 valence electrons. The molecule has 0 saturated carbocycles. The van der Waals surface area contributed by atoms with Gasteiger partial charge in [-0.3, -0.25) is 0 Å². The maximum absolute atomic E-state index is 8.93. The summed E-state index contributed by atoms with van der Waals surface area (Å²) in [7, 11) is 0. The molecular formula is C13H19NO2. The van der Waals surface area contributed by atoms with E-state index in [4.69, 9.17) is 15.6 Å². The van der Waals surface area contributed by atoms with E-state index in [9.17, 15) is 0 Å². The van der Waals surface area contributed by atoms with Crippen molar-refractivity contribution in [2.24, 2.45) is 5.73 Å². The Balaban J connectivity index is 2.33. The molecule has 0 amide bonds. The molecule has 0 spiro atoms. The Labute approximate surface area is 96.2 Å². The maximum Gasteiger partial charge on any atom is 0.128 e. The first-order valence-electron chi connectivity index (χ1n) is 5.71. The molecule has 1 aromatic carbocycles. The van der Waals surface area contributed by atoms with Crippen molar-refractivity contribution < 1.29 is 9.84 Å². The molecule has 1 atom stereocenters. The van der Waals surface area contributed by atoms with Gasteiger partial charge >= 0.3 is 0 Å². The third-order valence-electron chi connectivity index (χ3n) is 2.96. The Morgan fingerprint density at radius 3 is 2.94 bits per heavy atom. The number of hydrogen-bond donors (Lipinski definition) is 2. The summed E-state index contributed by atoms with van der Waals surface area (Å²) in [6.45, 7) is 4.26. The minimum atomic E-state index is -0.145. The molecule has 1 aliphatic rings. The molecule has 1 aromatic rings. The van der Waals surface area contributed by atoms with Crippen LogP contribution < -0.4 is 10.5 Å². The van der Waals surface area contributed by atoms with Crippen molar-refractivity contribution >= 4 is 0 Å². The van der Waals surface area contributed by atoms with Gasteiger partial charge in [0.2, 0.25) is 0 Å². The number of aliphatic hydroxyl groups excluding tert-OH is 1. The van der Waals surface area contributed by atoms with E-state index in [0.717, 1.165) is 17.7 Å². The highest BCUT2D eigenvalue weighted by Crippen LogP contribution is 2.39. The van der Waals surface area contributed by atoms with Gasteiger partial charge < -0.3 is 15.6 Å². The lowest BCUT2D eigenvalue weighted by Gasteiger charge is -2.20. The summed E-state index contributed by atoms with van der Waals surface area (Å²) in [5, 5.41) is 8.93. The van der Waals surface area contributed by atoms with Crippen LogP contribution in [0.5, 0.6) is 5.75 Å². The number of para-hydroxylation sites is 1. The highest BCUT2D eigenvalue weighted by Gasteiger charge is 2.32. The van der Waals surface area contributed by atoms with Crippen LogP contribution in [0.4, 0.5) is 0 Å². The van der Waals surface area contributed by atoms with E-state index < -0.39 is 0 Å². The van der Waals surface area contributed by atoms with Crippen LogP contribution in [0, 0.1) is 0 Å². The van der Waals surface area contributed by atoms with Gasteiger partial charge in [0.25, 0.3) is 0 Å². The number of rotatable bonds is 3. The fourth-order valence-electron chi connectivity index (χ4n) is 2.23. The standard InChI is InChI=1S/C13H19NO2/c1-13(2)8-9-4-3-5-10(12(9)16-13)11(14)6-7-15/h3-5,11,15H,6-8,14H2,1-2H3. The van der Waals surface area contributed by atoms with Gasteiger partial charge in [0.15, 0.2) is 0 Å². The van der Waals surface area contributed by atoms with E-state index >= 15 is 0 Å². The zero-order valence-electron chi connectivity index (χ0n) is 9.86. The van der Waals surface area contributed by atoms with Crippen molar-refractivity contribution in [2.45, 2.75) is 38.3 Å². The number of benzene rings is 1. The Morgan fingerprint density at radius 2 is 2.25 bits per heavy atom. The molecule has 2 rings (SSSR count). The minimum Gasteiger partial charge on any atom is -0.487 e. The van der Waals surface area contributed by atoms with Crippen LogP contribution >= 0.6 is 0 Å². The zero-order valence-corrected chi connectivity index (χ0v) is 9.86. The van der Waals surface area contributed by atoms with Gasteiger partial charge in [-0.15, -0.1) is 0 Å². The lowest BCUT2D eigenvalue weighted by Crippen LogP contribution is -2.25. The van der Waals surface area contributed by atoms with Gasteiger partial charge in [-0.05, 0) is 25.8 Å².